The summed E-state index contributed by atoms with van der Waals surface area (Å²) in [6.07, 6.45) is 0.276. The van der Waals surface area contributed by atoms with Crippen LogP contribution in [0.15, 0.2) is 0 Å². The van der Waals surface area contributed by atoms with E-state index in [-0.39, 0.29) is 0 Å². The van der Waals surface area contributed by atoms with Crippen molar-refractivity contribution in [1.29, 1.82) is 0 Å². The second kappa shape index (κ2) is 6.02. The van der Waals surface area contributed by atoms with Gasteiger partial charge in [-0.3, -0.25) is 4.90 Å². The van der Waals surface area contributed by atoms with Crippen molar-refractivity contribution in [2.75, 3.05) is 39.8 Å². The first-order valence-electron chi connectivity index (χ1n) is 5.29. The molecule has 0 aromatic rings. The molecule has 1 saturated heterocycles. The minimum absolute atomic E-state index is 0.442. The number of hydrogen-bond donors (Lipinski definition) is 1. The Kier molecular flexibility index (Phi) is 4.95. The summed E-state index contributed by atoms with van der Waals surface area (Å²) >= 11 is 0. The first-order valence-corrected chi connectivity index (χ1v) is 5.29. The highest BCUT2D eigenvalue weighted by Gasteiger charge is 2.11. The van der Waals surface area contributed by atoms with E-state index in [1.807, 2.05) is 6.92 Å². The van der Waals surface area contributed by atoms with Gasteiger partial charge in [-0.25, -0.2) is 0 Å². The molecule has 1 heterocycles. The second-order valence-corrected chi connectivity index (χ2v) is 3.82. The summed E-state index contributed by atoms with van der Waals surface area (Å²) in [5.41, 5.74) is 0. The maximum atomic E-state index is 9.23. The molecule has 1 unspecified atom stereocenters. The van der Waals surface area contributed by atoms with Crippen LogP contribution in [0.25, 0.3) is 0 Å². The Morgan fingerprint density at radius 1 is 1.29 bits per heavy atom. The lowest BCUT2D eigenvalue weighted by atomic mass is 10.3. The Bertz CT molecular complexity index is 211. The number of piperazine rings is 1. The van der Waals surface area contributed by atoms with Gasteiger partial charge in [0, 0.05) is 26.2 Å². The molecule has 3 heteroatoms. The molecule has 0 radical (unpaired) electrons. The summed E-state index contributed by atoms with van der Waals surface area (Å²) in [4.78, 5) is 4.65. The molecule has 0 spiro atoms. The minimum atomic E-state index is -0.442. The predicted octanol–water partition coefficient (Wildman–Crippen LogP) is 0.00810. The van der Waals surface area contributed by atoms with Gasteiger partial charge in [0.25, 0.3) is 0 Å². The average molecular weight is 196 g/mol. The largest absolute Gasteiger partial charge is 0.380 e. The van der Waals surface area contributed by atoms with E-state index in [4.69, 9.17) is 0 Å². The summed E-state index contributed by atoms with van der Waals surface area (Å²) in [7, 11) is 2.14. The molecule has 80 valence electrons. The van der Waals surface area contributed by atoms with Crippen molar-refractivity contribution in [1.82, 2.24) is 9.80 Å². The average Bonchev–Trinajstić information content (AvgIpc) is 2.21. The van der Waals surface area contributed by atoms with Gasteiger partial charge in [-0.05, 0) is 13.5 Å². The van der Waals surface area contributed by atoms with Crippen LogP contribution in [-0.4, -0.2) is 60.8 Å². The first kappa shape index (κ1) is 11.5. The fourth-order valence-corrected chi connectivity index (χ4v) is 1.38. The van der Waals surface area contributed by atoms with Gasteiger partial charge in [0.1, 0.15) is 6.10 Å². The zero-order valence-electron chi connectivity index (χ0n) is 9.16. The standard InChI is InChI=1S/C11H20N2O/c1-3-11(14)5-4-6-13-9-7-12(2)8-10-13/h11,14H,3,6-10H2,1-2H3. The van der Waals surface area contributed by atoms with E-state index in [1.54, 1.807) is 0 Å². The molecule has 1 aliphatic rings. The highest BCUT2D eigenvalue weighted by atomic mass is 16.3. The van der Waals surface area contributed by atoms with E-state index >= 15 is 0 Å². The van der Waals surface area contributed by atoms with E-state index in [0.717, 1.165) is 39.1 Å². The van der Waals surface area contributed by atoms with Crippen molar-refractivity contribution in [2.24, 2.45) is 0 Å². The molecule has 1 atom stereocenters. The van der Waals surface area contributed by atoms with Crippen LogP contribution in [-0.2, 0) is 0 Å². The maximum Gasteiger partial charge on any atom is 0.114 e. The highest BCUT2D eigenvalue weighted by Crippen LogP contribution is 1.97. The van der Waals surface area contributed by atoms with E-state index in [9.17, 15) is 5.11 Å². The van der Waals surface area contributed by atoms with Crippen LogP contribution in [0.1, 0.15) is 13.3 Å². The molecule has 0 aliphatic carbocycles. The van der Waals surface area contributed by atoms with Gasteiger partial charge in [0.2, 0.25) is 0 Å². The van der Waals surface area contributed by atoms with Crippen molar-refractivity contribution >= 4 is 0 Å². The van der Waals surface area contributed by atoms with Crippen molar-refractivity contribution < 1.29 is 5.11 Å². The van der Waals surface area contributed by atoms with Crippen molar-refractivity contribution in [3.05, 3.63) is 0 Å². The Morgan fingerprint density at radius 2 is 1.93 bits per heavy atom. The van der Waals surface area contributed by atoms with Gasteiger partial charge in [-0.1, -0.05) is 18.8 Å². The van der Waals surface area contributed by atoms with Crippen LogP contribution < -0.4 is 0 Å². The summed E-state index contributed by atoms with van der Waals surface area (Å²) in [6, 6.07) is 0. The fraction of sp³-hybridized carbons (Fsp3) is 0.818. The van der Waals surface area contributed by atoms with Crippen LogP contribution in [0.3, 0.4) is 0 Å². The third kappa shape index (κ3) is 4.10. The highest BCUT2D eigenvalue weighted by molar-refractivity contribution is 5.06. The molecule has 0 saturated carbocycles. The first-order chi connectivity index (χ1) is 6.72. The molecule has 1 aliphatic heterocycles. The van der Waals surface area contributed by atoms with Crippen molar-refractivity contribution in [3.8, 4) is 11.8 Å². The molecule has 0 aromatic heterocycles. The summed E-state index contributed by atoms with van der Waals surface area (Å²) in [6.45, 7) is 7.16. The van der Waals surface area contributed by atoms with E-state index in [2.05, 4.69) is 28.7 Å². The lowest BCUT2D eigenvalue weighted by Gasteiger charge is -2.30. The van der Waals surface area contributed by atoms with Crippen LogP contribution in [0.5, 0.6) is 0 Å². The van der Waals surface area contributed by atoms with Crippen LogP contribution in [0, 0.1) is 11.8 Å². The molecule has 0 amide bonds. The lowest BCUT2D eigenvalue weighted by Crippen LogP contribution is -2.44. The molecule has 3 nitrogen and oxygen atoms in total. The molecule has 0 bridgehead atoms. The Morgan fingerprint density at radius 3 is 2.50 bits per heavy atom. The van der Waals surface area contributed by atoms with Crippen molar-refractivity contribution in [3.63, 3.8) is 0 Å². The summed E-state index contributed by atoms with van der Waals surface area (Å²) in [5.74, 6) is 5.87. The maximum absolute atomic E-state index is 9.23. The van der Waals surface area contributed by atoms with Crippen LogP contribution in [0.2, 0.25) is 0 Å². The summed E-state index contributed by atoms with van der Waals surface area (Å²) in [5, 5.41) is 9.23. The van der Waals surface area contributed by atoms with Crippen LogP contribution in [0.4, 0.5) is 0 Å². The van der Waals surface area contributed by atoms with Gasteiger partial charge in [-0.15, -0.1) is 0 Å². The normalized spacial score (nSPS) is 21.4. The Balaban J connectivity index is 2.20. The quantitative estimate of drug-likeness (QED) is 0.630. The number of hydrogen-bond acceptors (Lipinski definition) is 3. The monoisotopic (exact) mass is 196 g/mol. The minimum Gasteiger partial charge on any atom is -0.380 e. The molecule has 1 rings (SSSR count). The van der Waals surface area contributed by atoms with Gasteiger partial charge >= 0.3 is 0 Å². The smallest absolute Gasteiger partial charge is 0.114 e. The Hall–Kier alpha value is -0.560. The van der Waals surface area contributed by atoms with Crippen LogP contribution >= 0.6 is 0 Å². The number of nitrogens with zero attached hydrogens (tertiary/aromatic N) is 2. The second-order valence-electron chi connectivity index (χ2n) is 3.82. The number of aliphatic hydroxyl groups is 1. The topological polar surface area (TPSA) is 26.7 Å². The zero-order valence-corrected chi connectivity index (χ0v) is 9.16. The number of aliphatic hydroxyl groups excluding tert-OH is 1. The van der Waals surface area contributed by atoms with Gasteiger partial charge in [0.05, 0.1) is 6.54 Å². The molecule has 14 heavy (non-hydrogen) atoms. The molecule has 0 aromatic carbocycles. The van der Waals surface area contributed by atoms with Gasteiger partial charge in [-0.2, -0.15) is 0 Å². The number of rotatable bonds is 2. The molecular weight excluding hydrogens is 176 g/mol. The van der Waals surface area contributed by atoms with E-state index in [0.29, 0.717) is 0 Å². The number of likely N-dealkylation sites (N-methyl/N-ethyl adjacent to an activating group) is 1. The third-order valence-electron chi connectivity index (χ3n) is 2.55. The van der Waals surface area contributed by atoms with Crippen molar-refractivity contribution in [2.45, 2.75) is 19.4 Å². The molecule has 1 fully saturated rings. The van der Waals surface area contributed by atoms with Gasteiger partial charge < -0.3 is 10.0 Å². The lowest BCUT2D eigenvalue weighted by molar-refractivity contribution is 0.168. The Labute approximate surface area is 86.7 Å². The predicted molar refractivity (Wildman–Crippen MR) is 58.0 cm³/mol. The fourth-order valence-electron chi connectivity index (χ4n) is 1.38. The SMILES string of the molecule is CCC(O)C#CCN1CCN(C)CC1. The third-order valence-corrected chi connectivity index (χ3v) is 2.55. The molecular formula is C11H20N2O. The molecule has 1 N–H and O–H groups in total. The van der Waals surface area contributed by atoms with E-state index < -0.39 is 6.10 Å². The van der Waals surface area contributed by atoms with E-state index in [1.165, 1.54) is 0 Å². The van der Waals surface area contributed by atoms with Gasteiger partial charge in [0.15, 0.2) is 0 Å². The summed E-state index contributed by atoms with van der Waals surface area (Å²) < 4.78 is 0. The zero-order chi connectivity index (χ0) is 10.4.